The van der Waals surface area contributed by atoms with Crippen molar-refractivity contribution in [2.45, 2.75) is 30.7 Å². The zero-order valence-electron chi connectivity index (χ0n) is 12.2. The maximum atomic E-state index is 12.7. The highest BCUT2D eigenvalue weighted by atomic mass is 16.7. The monoisotopic (exact) mass is 299 g/mol. The summed E-state index contributed by atoms with van der Waals surface area (Å²) in [5.41, 5.74) is 1.79. The van der Waals surface area contributed by atoms with Crippen molar-refractivity contribution < 1.29 is 19.4 Å². The normalized spacial score (nSPS) is 32.3. The number of ether oxygens (including phenoxy) is 2. The maximum Gasteiger partial charge on any atom is 0.231 e. The molecule has 0 unspecified atom stereocenters. The van der Waals surface area contributed by atoms with Gasteiger partial charge in [0.1, 0.15) is 0 Å². The molecule has 114 valence electrons. The highest BCUT2D eigenvalue weighted by Crippen LogP contribution is 2.52. The van der Waals surface area contributed by atoms with Gasteiger partial charge in [0.2, 0.25) is 12.6 Å². The van der Waals surface area contributed by atoms with E-state index in [1.54, 1.807) is 6.08 Å². The smallest absolute Gasteiger partial charge is 0.231 e. The standard InChI is InChI=1S/C17H17NO4/c19-12-8-17-3-1-4-18(17)5-2-10-6-13-14(22-9-21-13)7-11(10)15(17)16(12)20/h6-8,15,19H,1-5,9H2/t15-,17+/m1/s1. The summed E-state index contributed by atoms with van der Waals surface area (Å²) in [6.07, 6.45) is 4.67. The number of Topliss-reactive ketones (excluding diaryl/α,β-unsaturated/α-hetero) is 1. The van der Waals surface area contributed by atoms with Crippen LogP contribution in [0.4, 0.5) is 0 Å². The number of hydrogen-bond donors (Lipinski definition) is 1. The molecule has 0 aromatic heterocycles. The van der Waals surface area contributed by atoms with Crippen LogP contribution in [0.2, 0.25) is 0 Å². The van der Waals surface area contributed by atoms with Crippen molar-refractivity contribution in [3.63, 3.8) is 0 Å². The van der Waals surface area contributed by atoms with Crippen molar-refractivity contribution in [3.8, 4) is 11.5 Å². The molecule has 0 saturated carbocycles. The number of benzene rings is 1. The van der Waals surface area contributed by atoms with Crippen molar-refractivity contribution in [2.24, 2.45) is 0 Å². The van der Waals surface area contributed by atoms with E-state index >= 15 is 0 Å². The third-order valence-electron chi connectivity index (χ3n) is 5.59. The van der Waals surface area contributed by atoms with E-state index in [9.17, 15) is 9.90 Å². The largest absolute Gasteiger partial charge is 0.505 e. The fourth-order valence-electron chi connectivity index (χ4n) is 4.65. The molecule has 4 aliphatic rings. The van der Waals surface area contributed by atoms with Crippen LogP contribution in [0.5, 0.6) is 11.5 Å². The summed E-state index contributed by atoms with van der Waals surface area (Å²) in [5, 5.41) is 10.1. The summed E-state index contributed by atoms with van der Waals surface area (Å²) in [6, 6.07) is 3.96. The molecule has 1 N–H and O–H groups in total. The number of hydrogen-bond acceptors (Lipinski definition) is 5. The van der Waals surface area contributed by atoms with Gasteiger partial charge in [0.25, 0.3) is 0 Å². The lowest BCUT2D eigenvalue weighted by atomic mass is 9.78. The van der Waals surface area contributed by atoms with Crippen LogP contribution in [0, 0.1) is 0 Å². The fourth-order valence-corrected chi connectivity index (χ4v) is 4.65. The Balaban J connectivity index is 1.74. The number of rotatable bonds is 0. The van der Waals surface area contributed by atoms with Crippen LogP contribution in [0.1, 0.15) is 29.9 Å². The molecule has 1 spiro atoms. The van der Waals surface area contributed by atoms with Gasteiger partial charge in [-0.1, -0.05) is 0 Å². The van der Waals surface area contributed by atoms with E-state index in [4.69, 9.17) is 9.47 Å². The highest BCUT2D eigenvalue weighted by molar-refractivity contribution is 6.03. The predicted octanol–water partition coefficient (Wildman–Crippen LogP) is 1.91. The lowest BCUT2D eigenvalue weighted by Gasteiger charge is -2.36. The molecule has 0 bridgehead atoms. The quantitative estimate of drug-likeness (QED) is 0.793. The summed E-state index contributed by atoms with van der Waals surface area (Å²) >= 11 is 0. The molecule has 1 aromatic carbocycles. The fraction of sp³-hybridized carbons (Fsp3) is 0.471. The molecule has 0 radical (unpaired) electrons. The summed E-state index contributed by atoms with van der Waals surface area (Å²) in [5.74, 6) is 0.912. The Morgan fingerprint density at radius 1 is 1.23 bits per heavy atom. The second-order valence-electron chi connectivity index (χ2n) is 6.56. The van der Waals surface area contributed by atoms with Gasteiger partial charge in [-0.3, -0.25) is 9.69 Å². The minimum atomic E-state index is -0.347. The van der Waals surface area contributed by atoms with Gasteiger partial charge in [0, 0.05) is 6.54 Å². The SMILES string of the molecule is O=C1C(O)=C[C@]23CCCN2CCc2cc4c(cc2[C@H]13)OCO4. The molecule has 22 heavy (non-hydrogen) atoms. The summed E-state index contributed by atoms with van der Waals surface area (Å²) in [7, 11) is 0. The Kier molecular flexibility index (Phi) is 2.30. The van der Waals surface area contributed by atoms with Gasteiger partial charge < -0.3 is 14.6 Å². The number of nitrogens with zero attached hydrogens (tertiary/aromatic N) is 1. The maximum absolute atomic E-state index is 12.7. The molecule has 2 atom stereocenters. The number of fused-ring (bicyclic) bond motifs is 3. The average Bonchev–Trinajstić information content (AvgIpc) is 3.15. The number of aliphatic hydroxyl groups is 1. The van der Waals surface area contributed by atoms with E-state index in [2.05, 4.69) is 4.90 Å². The number of carbonyl (C=O) groups is 1. The van der Waals surface area contributed by atoms with Crippen LogP contribution in [0.25, 0.3) is 0 Å². The van der Waals surface area contributed by atoms with Gasteiger partial charge >= 0.3 is 0 Å². The Bertz CT molecular complexity index is 726. The number of allylic oxidation sites excluding steroid dienone is 1. The Morgan fingerprint density at radius 2 is 2.05 bits per heavy atom. The third-order valence-corrected chi connectivity index (χ3v) is 5.59. The van der Waals surface area contributed by atoms with Crippen molar-refractivity contribution in [1.82, 2.24) is 4.90 Å². The molecule has 1 aliphatic carbocycles. The average molecular weight is 299 g/mol. The second-order valence-corrected chi connectivity index (χ2v) is 6.56. The van der Waals surface area contributed by atoms with Crippen LogP contribution >= 0.6 is 0 Å². The molecule has 3 aliphatic heterocycles. The van der Waals surface area contributed by atoms with Crippen molar-refractivity contribution in [3.05, 3.63) is 35.1 Å². The first-order chi connectivity index (χ1) is 10.7. The van der Waals surface area contributed by atoms with Crippen molar-refractivity contribution >= 4 is 5.78 Å². The van der Waals surface area contributed by atoms with E-state index in [0.29, 0.717) is 5.75 Å². The molecule has 1 aromatic rings. The zero-order chi connectivity index (χ0) is 14.9. The zero-order valence-corrected chi connectivity index (χ0v) is 12.2. The first-order valence-corrected chi connectivity index (χ1v) is 7.82. The highest BCUT2D eigenvalue weighted by Gasteiger charge is 2.56. The first kappa shape index (κ1) is 12.5. The third kappa shape index (κ3) is 1.40. The molecule has 5 nitrogen and oxygen atoms in total. The Hall–Kier alpha value is -2.01. The van der Waals surface area contributed by atoms with E-state index in [1.165, 1.54) is 0 Å². The molecule has 1 saturated heterocycles. The Labute approximate surface area is 128 Å². The molecule has 0 amide bonds. The summed E-state index contributed by atoms with van der Waals surface area (Å²) < 4.78 is 11.0. The van der Waals surface area contributed by atoms with Gasteiger partial charge in [-0.2, -0.15) is 0 Å². The van der Waals surface area contributed by atoms with Gasteiger partial charge in [-0.15, -0.1) is 0 Å². The van der Waals surface area contributed by atoms with Gasteiger partial charge in [-0.25, -0.2) is 0 Å². The Morgan fingerprint density at radius 3 is 2.91 bits per heavy atom. The molecular formula is C17H17NO4. The van der Waals surface area contributed by atoms with Crippen LogP contribution in [0.3, 0.4) is 0 Å². The lowest BCUT2D eigenvalue weighted by Crippen LogP contribution is -2.46. The molecular weight excluding hydrogens is 282 g/mol. The van der Waals surface area contributed by atoms with Crippen LogP contribution in [0.15, 0.2) is 24.0 Å². The molecule has 3 heterocycles. The van der Waals surface area contributed by atoms with E-state index in [0.717, 1.165) is 49.2 Å². The number of carbonyl (C=O) groups excluding carboxylic acids is 1. The molecule has 5 rings (SSSR count). The van der Waals surface area contributed by atoms with Crippen LogP contribution in [-0.2, 0) is 11.2 Å². The molecule has 1 fully saturated rings. The molecule has 5 heteroatoms. The van der Waals surface area contributed by atoms with Crippen LogP contribution < -0.4 is 9.47 Å². The number of aliphatic hydroxyl groups excluding tert-OH is 1. The number of ketones is 1. The van der Waals surface area contributed by atoms with Gasteiger partial charge in [0.05, 0.1) is 11.5 Å². The second kappa shape index (κ2) is 4.04. The van der Waals surface area contributed by atoms with Gasteiger partial charge in [0.15, 0.2) is 17.3 Å². The topological polar surface area (TPSA) is 59.0 Å². The van der Waals surface area contributed by atoms with E-state index in [-0.39, 0.29) is 29.8 Å². The predicted molar refractivity (Wildman–Crippen MR) is 78.3 cm³/mol. The summed E-state index contributed by atoms with van der Waals surface area (Å²) in [6.45, 7) is 2.12. The van der Waals surface area contributed by atoms with Crippen molar-refractivity contribution in [1.29, 1.82) is 0 Å². The van der Waals surface area contributed by atoms with E-state index < -0.39 is 0 Å². The first-order valence-electron chi connectivity index (χ1n) is 7.82. The van der Waals surface area contributed by atoms with E-state index in [1.807, 2.05) is 12.1 Å². The van der Waals surface area contributed by atoms with Gasteiger partial charge in [-0.05, 0) is 55.1 Å². The van der Waals surface area contributed by atoms with Crippen LogP contribution in [-0.4, -0.2) is 41.2 Å². The van der Waals surface area contributed by atoms with Crippen molar-refractivity contribution in [2.75, 3.05) is 19.9 Å². The summed E-state index contributed by atoms with van der Waals surface area (Å²) in [4.78, 5) is 15.0. The minimum absolute atomic E-state index is 0.0811. The minimum Gasteiger partial charge on any atom is -0.505 e. The lowest BCUT2D eigenvalue weighted by molar-refractivity contribution is -0.120.